The molecule has 0 saturated carbocycles. The molecule has 0 aliphatic carbocycles. The number of likely N-dealkylation sites (N-methyl/N-ethyl adjacent to an activating group) is 1. The molecule has 2 heterocycles. The first-order valence-corrected chi connectivity index (χ1v) is 11.3. The molecule has 1 atom stereocenters. The number of hydrogen-bond acceptors (Lipinski definition) is 6. The maximum absolute atomic E-state index is 12.2. The van der Waals surface area contributed by atoms with Crippen LogP contribution in [-0.4, -0.2) is 53.9 Å². The Hall–Kier alpha value is -2.09. The predicted molar refractivity (Wildman–Crippen MR) is 124 cm³/mol. The van der Waals surface area contributed by atoms with E-state index in [0.29, 0.717) is 6.54 Å². The smallest absolute Gasteiger partial charge is 0.237 e. The Balaban J connectivity index is 0.000000487. The third-order valence-corrected chi connectivity index (χ3v) is 5.90. The standard InChI is InChI=1S/C17H21N3OS.C5H10O.CH4O/c1-12-16(22-11-19-12)14-7-5-13(6-8-14)10-18-17(21)15-4-3-9-20(15)2;1-2-3-4-5-6;1-2/h5-8,11,15H,3-4,9-10H2,1-2H3,(H,18,21);5H,2-4H2,1H3;2H,1H3. The molecule has 1 aromatic carbocycles. The van der Waals surface area contributed by atoms with Crippen LogP contribution in [0, 0.1) is 6.92 Å². The zero-order chi connectivity index (χ0) is 22.4. The number of aromatic nitrogens is 1. The first-order valence-electron chi connectivity index (χ1n) is 10.4. The van der Waals surface area contributed by atoms with Crippen LogP contribution in [0.2, 0.25) is 0 Å². The molecule has 1 amide bonds. The first-order chi connectivity index (χ1) is 14.6. The van der Waals surface area contributed by atoms with Crippen molar-refractivity contribution in [3.8, 4) is 10.4 Å². The van der Waals surface area contributed by atoms with E-state index in [4.69, 9.17) is 5.11 Å². The summed E-state index contributed by atoms with van der Waals surface area (Å²) >= 11 is 1.66. The van der Waals surface area contributed by atoms with E-state index in [-0.39, 0.29) is 11.9 Å². The van der Waals surface area contributed by atoms with Crippen molar-refractivity contribution in [2.24, 2.45) is 0 Å². The van der Waals surface area contributed by atoms with Crippen molar-refractivity contribution in [2.75, 3.05) is 20.7 Å². The van der Waals surface area contributed by atoms with Crippen molar-refractivity contribution in [2.45, 2.75) is 58.5 Å². The predicted octanol–water partition coefficient (Wildman–Crippen LogP) is 3.81. The Morgan fingerprint density at radius 1 is 1.33 bits per heavy atom. The minimum atomic E-state index is 0.0408. The molecule has 2 aromatic rings. The van der Waals surface area contributed by atoms with Crippen LogP contribution in [0.5, 0.6) is 0 Å². The fourth-order valence-corrected chi connectivity index (χ4v) is 4.00. The number of thiazole rings is 1. The van der Waals surface area contributed by atoms with E-state index in [2.05, 4.69) is 46.4 Å². The molecule has 3 rings (SSSR count). The van der Waals surface area contributed by atoms with Crippen molar-refractivity contribution in [1.29, 1.82) is 0 Å². The van der Waals surface area contributed by atoms with Crippen LogP contribution < -0.4 is 5.32 Å². The molecule has 0 radical (unpaired) electrons. The lowest BCUT2D eigenvalue weighted by atomic mass is 10.1. The van der Waals surface area contributed by atoms with Gasteiger partial charge in [0.1, 0.15) is 6.29 Å². The number of benzene rings is 1. The number of amides is 1. The molecule has 166 valence electrons. The van der Waals surface area contributed by atoms with Crippen molar-refractivity contribution in [3.63, 3.8) is 0 Å². The second kappa shape index (κ2) is 14.8. The number of aliphatic hydroxyl groups excluding tert-OH is 1. The van der Waals surface area contributed by atoms with E-state index in [1.165, 1.54) is 10.4 Å². The summed E-state index contributed by atoms with van der Waals surface area (Å²) in [6, 6.07) is 8.40. The Labute approximate surface area is 184 Å². The molecular weight excluding hydrogens is 398 g/mol. The van der Waals surface area contributed by atoms with E-state index in [1.54, 1.807) is 11.3 Å². The van der Waals surface area contributed by atoms with E-state index in [9.17, 15) is 9.59 Å². The minimum Gasteiger partial charge on any atom is -0.400 e. The van der Waals surface area contributed by atoms with Crippen LogP contribution in [-0.2, 0) is 16.1 Å². The van der Waals surface area contributed by atoms with Gasteiger partial charge in [0.15, 0.2) is 0 Å². The Morgan fingerprint density at radius 2 is 2.03 bits per heavy atom. The van der Waals surface area contributed by atoms with Gasteiger partial charge in [-0.1, -0.05) is 37.6 Å². The lowest BCUT2D eigenvalue weighted by Gasteiger charge is -2.18. The van der Waals surface area contributed by atoms with Crippen molar-refractivity contribution in [1.82, 2.24) is 15.2 Å². The Bertz CT molecular complexity index is 746. The van der Waals surface area contributed by atoms with Gasteiger partial charge in [0, 0.05) is 20.1 Å². The zero-order valence-corrected chi connectivity index (χ0v) is 19.4. The van der Waals surface area contributed by atoms with Gasteiger partial charge in [0.05, 0.1) is 22.1 Å². The normalized spacial score (nSPS) is 15.4. The van der Waals surface area contributed by atoms with Gasteiger partial charge in [0.25, 0.3) is 0 Å². The van der Waals surface area contributed by atoms with E-state index < -0.39 is 0 Å². The van der Waals surface area contributed by atoms with E-state index in [0.717, 1.165) is 63.3 Å². The number of aryl methyl sites for hydroxylation is 1. The van der Waals surface area contributed by atoms with Gasteiger partial charge in [-0.25, -0.2) is 4.98 Å². The summed E-state index contributed by atoms with van der Waals surface area (Å²) in [5.74, 6) is 0.141. The molecule has 1 fully saturated rings. The fraction of sp³-hybridized carbons (Fsp3) is 0.522. The van der Waals surface area contributed by atoms with Crippen LogP contribution >= 0.6 is 11.3 Å². The van der Waals surface area contributed by atoms with Gasteiger partial charge in [-0.05, 0) is 50.9 Å². The second-order valence-electron chi connectivity index (χ2n) is 7.13. The van der Waals surface area contributed by atoms with Crippen molar-refractivity contribution in [3.05, 3.63) is 41.0 Å². The van der Waals surface area contributed by atoms with Crippen LogP contribution in [0.25, 0.3) is 10.4 Å². The van der Waals surface area contributed by atoms with Crippen molar-refractivity contribution < 1.29 is 14.7 Å². The average molecular weight is 434 g/mol. The summed E-state index contributed by atoms with van der Waals surface area (Å²) in [6.07, 6.45) is 5.94. The summed E-state index contributed by atoms with van der Waals surface area (Å²) in [5.41, 5.74) is 5.25. The molecule has 1 aromatic heterocycles. The van der Waals surface area contributed by atoms with Crippen LogP contribution in [0.3, 0.4) is 0 Å². The molecule has 1 aliphatic heterocycles. The van der Waals surface area contributed by atoms with Crippen molar-refractivity contribution >= 4 is 23.5 Å². The topological polar surface area (TPSA) is 82.5 Å². The highest BCUT2D eigenvalue weighted by molar-refractivity contribution is 7.13. The molecule has 1 unspecified atom stereocenters. The lowest BCUT2D eigenvalue weighted by Crippen LogP contribution is -2.41. The summed E-state index contributed by atoms with van der Waals surface area (Å²) in [4.78, 5) is 29.4. The number of nitrogens with one attached hydrogen (secondary N) is 1. The Morgan fingerprint density at radius 3 is 2.50 bits per heavy atom. The van der Waals surface area contributed by atoms with E-state index in [1.807, 2.05) is 19.5 Å². The number of likely N-dealkylation sites (tertiary alicyclic amines) is 1. The highest BCUT2D eigenvalue weighted by Gasteiger charge is 2.27. The van der Waals surface area contributed by atoms with Crippen LogP contribution in [0.4, 0.5) is 0 Å². The molecule has 1 aliphatic rings. The zero-order valence-electron chi connectivity index (χ0n) is 18.6. The summed E-state index contributed by atoms with van der Waals surface area (Å²) in [5, 5.41) is 10.0. The molecule has 2 N–H and O–H groups in total. The number of carbonyl (C=O) groups is 2. The maximum atomic E-state index is 12.2. The number of aldehydes is 1. The van der Waals surface area contributed by atoms with Crippen LogP contribution in [0.1, 0.15) is 50.3 Å². The SMILES string of the molecule is CCCCC=O.CO.Cc1ncsc1-c1ccc(CNC(=O)C2CCCN2C)cc1. The third-order valence-electron chi connectivity index (χ3n) is 4.93. The molecule has 1 saturated heterocycles. The fourth-order valence-electron chi connectivity index (χ4n) is 3.19. The highest BCUT2D eigenvalue weighted by atomic mass is 32.1. The van der Waals surface area contributed by atoms with Gasteiger partial charge in [-0.3, -0.25) is 9.69 Å². The number of hydrogen-bond donors (Lipinski definition) is 2. The molecule has 30 heavy (non-hydrogen) atoms. The number of aliphatic hydroxyl groups is 1. The molecule has 6 nitrogen and oxygen atoms in total. The van der Waals surface area contributed by atoms with Gasteiger partial charge in [-0.2, -0.15) is 0 Å². The minimum absolute atomic E-state index is 0.0408. The number of unbranched alkanes of at least 4 members (excludes halogenated alkanes) is 2. The second-order valence-corrected chi connectivity index (χ2v) is 7.98. The summed E-state index contributed by atoms with van der Waals surface area (Å²) in [6.45, 7) is 5.70. The maximum Gasteiger partial charge on any atom is 0.237 e. The highest BCUT2D eigenvalue weighted by Crippen LogP contribution is 2.27. The number of nitrogens with zero attached hydrogens (tertiary/aromatic N) is 2. The van der Waals surface area contributed by atoms with Crippen LogP contribution in [0.15, 0.2) is 29.8 Å². The average Bonchev–Trinajstić information content (AvgIpc) is 3.41. The summed E-state index contributed by atoms with van der Waals surface area (Å²) < 4.78 is 0. The largest absolute Gasteiger partial charge is 0.400 e. The lowest BCUT2D eigenvalue weighted by molar-refractivity contribution is -0.125. The van der Waals surface area contributed by atoms with Gasteiger partial charge in [0.2, 0.25) is 5.91 Å². The van der Waals surface area contributed by atoms with Gasteiger partial charge < -0.3 is 15.2 Å². The monoisotopic (exact) mass is 433 g/mol. The molecule has 0 bridgehead atoms. The van der Waals surface area contributed by atoms with Gasteiger partial charge >= 0.3 is 0 Å². The van der Waals surface area contributed by atoms with E-state index >= 15 is 0 Å². The quantitative estimate of drug-likeness (QED) is 0.512. The Kier molecular flexibility index (Phi) is 12.8. The number of carbonyl (C=O) groups excluding carboxylic acids is 2. The molecule has 7 heteroatoms. The molecular formula is C23H35N3O3S. The first kappa shape index (κ1) is 25.9. The third kappa shape index (κ3) is 8.34. The molecule has 0 spiro atoms. The summed E-state index contributed by atoms with van der Waals surface area (Å²) in [7, 11) is 3.02. The van der Waals surface area contributed by atoms with Gasteiger partial charge in [-0.15, -0.1) is 11.3 Å². The number of rotatable bonds is 7.